The number of rotatable bonds is 4. The first kappa shape index (κ1) is 16.0. The molecule has 0 bridgehead atoms. The zero-order chi connectivity index (χ0) is 14.4. The van der Waals surface area contributed by atoms with Crippen LogP contribution in [0.2, 0.25) is 0 Å². The highest BCUT2D eigenvalue weighted by molar-refractivity contribution is 5.18. The van der Waals surface area contributed by atoms with E-state index in [0.29, 0.717) is 0 Å². The summed E-state index contributed by atoms with van der Waals surface area (Å²) in [5.41, 5.74) is 8.48. The van der Waals surface area contributed by atoms with Gasteiger partial charge >= 0.3 is 0 Å². The molecule has 2 aliphatic rings. The van der Waals surface area contributed by atoms with Crippen LogP contribution in [0.5, 0.6) is 0 Å². The summed E-state index contributed by atoms with van der Waals surface area (Å²) >= 11 is 0. The van der Waals surface area contributed by atoms with Gasteiger partial charge in [0.05, 0.1) is 0 Å². The minimum absolute atomic E-state index is 0.158. The lowest BCUT2D eigenvalue weighted by molar-refractivity contribution is 0.0626. The third kappa shape index (κ3) is 3.65. The van der Waals surface area contributed by atoms with Crippen LogP contribution in [0.3, 0.4) is 0 Å². The van der Waals surface area contributed by atoms with Gasteiger partial charge in [0.25, 0.3) is 0 Å². The monoisotopic (exact) mass is 278 g/mol. The largest absolute Gasteiger partial charge is 0.323 e. The molecule has 20 heavy (non-hydrogen) atoms. The van der Waals surface area contributed by atoms with Crippen molar-refractivity contribution in [2.24, 2.45) is 5.73 Å². The summed E-state index contributed by atoms with van der Waals surface area (Å²) in [6.07, 6.45) is 15.7. The molecule has 2 atom stereocenters. The Morgan fingerprint density at radius 3 is 2.45 bits per heavy atom. The number of hydrogen-bond acceptors (Lipinski definition) is 2. The maximum Gasteiger partial charge on any atom is 0.0438 e. The first-order valence-electron chi connectivity index (χ1n) is 8.88. The van der Waals surface area contributed by atoms with Gasteiger partial charge in [-0.3, -0.25) is 4.90 Å². The van der Waals surface area contributed by atoms with Gasteiger partial charge in [-0.2, -0.15) is 0 Å². The van der Waals surface area contributed by atoms with Crippen LogP contribution in [0.4, 0.5) is 0 Å². The third-order valence-corrected chi connectivity index (χ3v) is 5.69. The molecule has 1 heterocycles. The molecule has 2 rings (SSSR count). The third-order valence-electron chi connectivity index (χ3n) is 5.69. The Bertz CT molecular complexity index is 317. The molecule has 0 aromatic heterocycles. The zero-order valence-corrected chi connectivity index (χ0v) is 13.7. The molecule has 0 saturated carbocycles. The Kier molecular flexibility index (Phi) is 6.10. The van der Waals surface area contributed by atoms with Gasteiger partial charge in [-0.05, 0) is 65.0 Å². The molecule has 1 aliphatic heterocycles. The Balaban J connectivity index is 2.11. The number of hydrogen-bond donors (Lipinski definition) is 1. The lowest BCUT2D eigenvalue weighted by Crippen LogP contribution is -2.59. The van der Waals surface area contributed by atoms with Crippen molar-refractivity contribution < 1.29 is 0 Å². The van der Waals surface area contributed by atoms with Crippen molar-refractivity contribution in [1.82, 2.24) is 4.90 Å². The fourth-order valence-electron chi connectivity index (χ4n) is 3.94. The number of nitrogens with two attached hydrogens (primary N) is 1. The molecule has 0 spiro atoms. The molecule has 1 saturated heterocycles. The molecule has 0 aromatic rings. The molecule has 2 nitrogen and oxygen atoms in total. The van der Waals surface area contributed by atoms with Crippen molar-refractivity contribution >= 4 is 0 Å². The predicted molar refractivity (Wildman–Crippen MR) is 87.9 cm³/mol. The van der Waals surface area contributed by atoms with Crippen LogP contribution in [0.25, 0.3) is 0 Å². The highest BCUT2D eigenvalue weighted by atomic mass is 15.2. The second-order valence-electron chi connectivity index (χ2n) is 6.97. The quantitative estimate of drug-likeness (QED) is 0.779. The van der Waals surface area contributed by atoms with Crippen molar-refractivity contribution in [3.8, 4) is 0 Å². The zero-order valence-electron chi connectivity index (χ0n) is 13.7. The van der Waals surface area contributed by atoms with Crippen LogP contribution in [-0.4, -0.2) is 29.6 Å². The van der Waals surface area contributed by atoms with Gasteiger partial charge in [-0.25, -0.2) is 0 Å². The SMILES string of the molecule is CCC(C)(C(N)C1=CCCCCCC1)N1CCCCC1. The normalized spacial score (nSPS) is 27.1. The molecule has 0 amide bonds. The summed E-state index contributed by atoms with van der Waals surface area (Å²) in [6.45, 7) is 7.21. The summed E-state index contributed by atoms with van der Waals surface area (Å²) in [4.78, 5) is 2.68. The first-order chi connectivity index (χ1) is 9.68. The Labute approximate surface area is 125 Å². The van der Waals surface area contributed by atoms with Crippen molar-refractivity contribution in [1.29, 1.82) is 0 Å². The number of allylic oxidation sites excluding steroid dienone is 1. The van der Waals surface area contributed by atoms with Gasteiger partial charge in [0.15, 0.2) is 0 Å². The van der Waals surface area contributed by atoms with E-state index >= 15 is 0 Å². The number of nitrogens with zero attached hydrogens (tertiary/aromatic N) is 1. The molecule has 0 aromatic carbocycles. The molecule has 2 unspecified atom stereocenters. The smallest absolute Gasteiger partial charge is 0.0438 e. The van der Waals surface area contributed by atoms with Crippen molar-refractivity contribution in [2.75, 3.05) is 13.1 Å². The average molecular weight is 278 g/mol. The first-order valence-corrected chi connectivity index (χ1v) is 8.88. The summed E-state index contributed by atoms with van der Waals surface area (Å²) in [5.74, 6) is 0. The van der Waals surface area contributed by atoms with E-state index in [2.05, 4.69) is 24.8 Å². The fraction of sp³-hybridized carbons (Fsp3) is 0.889. The van der Waals surface area contributed by atoms with Crippen LogP contribution in [-0.2, 0) is 0 Å². The van der Waals surface area contributed by atoms with E-state index in [0.717, 1.165) is 6.42 Å². The summed E-state index contributed by atoms with van der Waals surface area (Å²) in [5, 5.41) is 0. The standard InChI is InChI=1S/C18H34N2/c1-3-18(2,20-14-10-7-11-15-20)17(19)16-12-8-5-4-6-9-13-16/h12,17H,3-11,13-15,19H2,1-2H3. The van der Waals surface area contributed by atoms with E-state index in [1.54, 1.807) is 5.57 Å². The highest BCUT2D eigenvalue weighted by Gasteiger charge is 2.38. The summed E-state index contributed by atoms with van der Waals surface area (Å²) in [7, 11) is 0. The maximum absolute atomic E-state index is 6.78. The second kappa shape index (κ2) is 7.61. The average Bonchev–Trinajstić information content (AvgIpc) is 2.46. The molecule has 2 heteroatoms. The maximum atomic E-state index is 6.78. The van der Waals surface area contributed by atoms with E-state index in [4.69, 9.17) is 5.73 Å². The minimum Gasteiger partial charge on any atom is -0.323 e. The van der Waals surface area contributed by atoms with Crippen LogP contribution >= 0.6 is 0 Å². The van der Waals surface area contributed by atoms with Crippen LogP contribution in [0.15, 0.2) is 11.6 Å². The highest BCUT2D eigenvalue weighted by Crippen LogP contribution is 2.32. The molecule has 1 fully saturated rings. The molecule has 1 aliphatic carbocycles. The topological polar surface area (TPSA) is 29.3 Å². The van der Waals surface area contributed by atoms with Crippen LogP contribution < -0.4 is 5.73 Å². The molecule has 116 valence electrons. The van der Waals surface area contributed by atoms with Gasteiger partial charge in [0.1, 0.15) is 0 Å². The summed E-state index contributed by atoms with van der Waals surface area (Å²) < 4.78 is 0. The minimum atomic E-state index is 0.158. The number of piperidine rings is 1. The summed E-state index contributed by atoms with van der Waals surface area (Å²) in [6, 6.07) is 0.226. The van der Waals surface area contributed by atoms with Crippen molar-refractivity contribution in [2.45, 2.75) is 89.6 Å². The van der Waals surface area contributed by atoms with E-state index in [1.807, 2.05) is 0 Å². The van der Waals surface area contributed by atoms with Crippen LogP contribution in [0.1, 0.15) is 78.1 Å². The Hall–Kier alpha value is -0.340. The molecule has 0 radical (unpaired) electrons. The van der Waals surface area contributed by atoms with E-state index in [-0.39, 0.29) is 11.6 Å². The van der Waals surface area contributed by atoms with Gasteiger partial charge in [0, 0.05) is 11.6 Å². The molecular weight excluding hydrogens is 244 g/mol. The Morgan fingerprint density at radius 1 is 1.10 bits per heavy atom. The second-order valence-corrected chi connectivity index (χ2v) is 6.97. The number of likely N-dealkylation sites (tertiary alicyclic amines) is 1. The fourth-order valence-corrected chi connectivity index (χ4v) is 3.94. The van der Waals surface area contributed by atoms with Gasteiger partial charge in [0.2, 0.25) is 0 Å². The van der Waals surface area contributed by atoms with Gasteiger partial charge < -0.3 is 5.73 Å². The molecular formula is C18H34N2. The van der Waals surface area contributed by atoms with E-state index < -0.39 is 0 Å². The van der Waals surface area contributed by atoms with Gasteiger partial charge in [-0.15, -0.1) is 0 Å². The predicted octanol–water partition coefficient (Wildman–Crippen LogP) is 4.25. The van der Waals surface area contributed by atoms with Crippen LogP contribution in [0, 0.1) is 0 Å². The lowest BCUT2D eigenvalue weighted by Gasteiger charge is -2.47. The van der Waals surface area contributed by atoms with Crippen molar-refractivity contribution in [3.63, 3.8) is 0 Å². The van der Waals surface area contributed by atoms with Crippen molar-refractivity contribution in [3.05, 3.63) is 11.6 Å². The van der Waals surface area contributed by atoms with E-state index in [9.17, 15) is 0 Å². The molecule has 2 N–H and O–H groups in total. The Morgan fingerprint density at radius 2 is 1.75 bits per heavy atom. The van der Waals surface area contributed by atoms with Gasteiger partial charge in [-0.1, -0.05) is 37.8 Å². The van der Waals surface area contributed by atoms with E-state index in [1.165, 1.54) is 70.9 Å². The lowest BCUT2D eigenvalue weighted by atomic mass is 9.79.